The molecule has 6 heteroatoms. The molecule has 14 heavy (non-hydrogen) atoms. The number of nitriles is 1. The Morgan fingerprint density at radius 1 is 1.57 bits per heavy atom. The Balaban J connectivity index is 2.55. The highest BCUT2D eigenvalue weighted by Crippen LogP contribution is 2.07. The van der Waals surface area contributed by atoms with E-state index < -0.39 is 0 Å². The van der Waals surface area contributed by atoms with Crippen LogP contribution in [-0.4, -0.2) is 24.5 Å². The molecular weight excluding hydrogens is 180 g/mol. The Labute approximate surface area is 80.4 Å². The number of aromatic nitrogens is 5. The van der Waals surface area contributed by atoms with Gasteiger partial charge in [0.1, 0.15) is 6.07 Å². The molecule has 0 aromatic carbocycles. The Hall–Kier alpha value is -2.16. The van der Waals surface area contributed by atoms with E-state index in [0.29, 0.717) is 12.4 Å². The molecule has 0 unspecified atom stereocenters. The van der Waals surface area contributed by atoms with Gasteiger partial charge in [0.2, 0.25) is 5.82 Å². The van der Waals surface area contributed by atoms with Crippen LogP contribution >= 0.6 is 0 Å². The summed E-state index contributed by atoms with van der Waals surface area (Å²) in [4.78, 5) is 3.90. The molecule has 0 fully saturated rings. The maximum absolute atomic E-state index is 8.79. The monoisotopic (exact) mass is 188 g/mol. The predicted octanol–water partition coefficient (Wildman–Crippen LogP) is 0.355. The van der Waals surface area contributed by atoms with Crippen LogP contribution in [-0.2, 0) is 6.54 Å². The van der Waals surface area contributed by atoms with E-state index in [-0.39, 0.29) is 0 Å². The lowest BCUT2D eigenvalue weighted by Crippen LogP contribution is -2.06. The van der Waals surface area contributed by atoms with E-state index in [0.717, 1.165) is 5.82 Å². The van der Waals surface area contributed by atoms with Gasteiger partial charge in [0.05, 0.1) is 6.20 Å². The zero-order valence-electron chi connectivity index (χ0n) is 7.62. The summed E-state index contributed by atoms with van der Waals surface area (Å²) < 4.78 is 3.35. The third-order valence-corrected chi connectivity index (χ3v) is 1.88. The minimum absolute atomic E-state index is 0.335. The molecule has 2 aromatic heterocycles. The van der Waals surface area contributed by atoms with E-state index in [2.05, 4.69) is 15.3 Å². The summed E-state index contributed by atoms with van der Waals surface area (Å²) in [7, 11) is 0. The van der Waals surface area contributed by atoms with Crippen molar-refractivity contribution in [2.75, 3.05) is 0 Å². The highest BCUT2D eigenvalue weighted by Gasteiger charge is 2.08. The molecule has 0 amide bonds. The van der Waals surface area contributed by atoms with Gasteiger partial charge in [0.15, 0.2) is 5.82 Å². The summed E-state index contributed by atoms with van der Waals surface area (Å²) in [6.07, 6.45) is 4.89. The lowest BCUT2D eigenvalue weighted by atomic mass is 10.6. The molecule has 6 nitrogen and oxygen atoms in total. The second kappa shape index (κ2) is 3.30. The second-order valence-corrected chi connectivity index (χ2v) is 2.64. The van der Waals surface area contributed by atoms with Gasteiger partial charge in [-0.15, -0.1) is 5.10 Å². The molecule has 0 bridgehead atoms. The van der Waals surface area contributed by atoms with Crippen molar-refractivity contribution in [3.05, 3.63) is 24.4 Å². The van der Waals surface area contributed by atoms with Crippen molar-refractivity contribution >= 4 is 0 Å². The summed E-state index contributed by atoms with van der Waals surface area (Å²) in [5, 5.41) is 16.4. The van der Waals surface area contributed by atoms with E-state index in [1.165, 1.54) is 0 Å². The first-order chi connectivity index (χ1) is 6.86. The van der Waals surface area contributed by atoms with Gasteiger partial charge in [-0.05, 0) is 6.92 Å². The summed E-state index contributed by atoms with van der Waals surface area (Å²) in [5.41, 5.74) is 0. The molecule has 0 atom stereocenters. The molecule has 0 radical (unpaired) electrons. The Kier molecular flexibility index (Phi) is 1.99. The summed E-state index contributed by atoms with van der Waals surface area (Å²) in [6.45, 7) is 2.67. The fraction of sp³-hybridized carbons (Fsp3) is 0.250. The van der Waals surface area contributed by atoms with Crippen LogP contribution in [0.5, 0.6) is 0 Å². The quantitative estimate of drug-likeness (QED) is 0.681. The molecule has 2 rings (SSSR count). The van der Waals surface area contributed by atoms with Gasteiger partial charge >= 0.3 is 0 Å². The topological polar surface area (TPSA) is 72.3 Å². The van der Waals surface area contributed by atoms with Crippen LogP contribution in [0.15, 0.2) is 18.6 Å². The molecular formula is C8H8N6. The van der Waals surface area contributed by atoms with E-state index in [1.54, 1.807) is 27.8 Å². The number of hydrogen-bond donors (Lipinski definition) is 0. The zero-order chi connectivity index (χ0) is 9.97. The second-order valence-electron chi connectivity index (χ2n) is 2.64. The van der Waals surface area contributed by atoms with Crippen molar-refractivity contribution in [2.24, 2.45) is 0 Å². The number of rotatable bonds is 2. The lowest BCUT2D eigenvalue weighted by Gasteiger charge is -2.03. The Morgan fingerprint density at radius 3 is 3.14 bits per heavy atom. The molecule has 0 saturated heterocycles. The van der Waals surface area contributed by atoms with Crippen LogP contribution in [0.2, 0.25) is 0 Å². The number of imidazole rings is 1. The maximum atomic E-state index is 8.79. The minimum atomic E-state index is 0.335. The van der Waals surface area contributed by atoms with Gasteiger partial charge in [0, 0.05) is 18.9 Å². The highest BCUT2D eigenvalue weighted by atomic mass is 15.5. The van der Waals surface area contributed by atoms with Crippen LogP contribution < -0.4 is 0 Å². The highest BCUT2D eigenvalue weighted by molar-refractivity contribution is 5.26. The van der Waals surface area contributed by atoms with Crippen molar-refractivity contribution < 1.29 is 0 Å². The lowest BCUT2D eigenvalue weighted by molar-refractivity contribution is 0.610. The molecule has 0 aliphatic rings. The average molecular weight is 188 g/mol. The fourth-order valence-electron chi connectivity index (χ4n) is 1.24. The number of aryl methyl sites for hydroxylation is 1. The number of nitrogens with zero attached hydrogens (tertiary/aromatic N) is 6. The summed E-state index contributed by atoms with van der Waals surface area (Å²) >= 11 is 0. The first-order valence-corrected chi connectivity index (χ1v) is 4.19. The van der Waals surface area contributed by atoms with E-state index in [4.69, 9.17) is 5.26 Å². The van der Waals surface area contributed by atoms with Gasteiger partial charge in [-0.25, -0.2) is 9.67 Å². The van der Waals surface area contributed by atoms with E-state index in [9.17, 15) is 0 Å². The van der Waals surface area contributed by atoms with Gasteiger partial charge in [-0.3, -0.25) is 4.57 Å². The van der Waals surface area contributed by atoms with Crippen LogP contribution in [0.1, 0.15) is 12.7 Å². The first-order valence-electron chi connectivity index (χ1n) is 4.19. The number of hydrogen-bond acceptors (Lipinski definition) is 4. The van der Waals surface area contributed by atoms with Crippen LogP contribution in [0, 0.1) is 11.3 Å². The molecule has 0 aliphatic carbocycles. The van der Waals surface area contributed by atoms with Crippen molar-refractivity contribution in [1.82, 2.24) is 24.5 Å². The largest absolute Gasteiger partial charge is 0.274 e. The SMILES string of the molecule is CCn1nncc1-n1ccnc1C#N. The van der Waals surface area contributed by atoms with Gasteiger partial charge < -0.3 is 0 Å². The molecule has 2 aromatic rings. The predicted molar refractivity (Wildman–Crippen MR) is 47.5 cm³/mol. The summed E-state index contributed by atoms with van der Waals surface area (Å²) in [5.74, 6) is 1.09. The van der Waals surface area contributed by atoms with Crippen molar-refractivity contribution in [2.45, 2.75) is 13.5 Å². The fourth-order valence-corrected chi connectivity index (χ4v) is 1.24. The van der Waals surface area contributed by atoms with Crippen LogP contribution in [0.25, 0.3) is 5.82 Å². The van der Waals surface area contributed by atoms with E-state index >= 15 is 0 Å². The van der Waals surface area contributed by atoms with Gasteiger partial charge in [0.25, 0.3) is 0 Å². The van der Waals surface area contributed by atoms with Crippen LogP contribution in [0.3, 0.4) is 0 Å². The normalized spacial score (nSPS) is 10.0. The molecule has 0 N–H and O–H groups in total. The molecule has 0 saturated carbocycles. The van der Waals surface area contributed by atoms with Gasteiger partial charge in [-0.2, -0.15) is 5.26 Å². The first kappa shape index (κ1) is 8.44. The van der Waals surface area contributed by atoms with Crippen molar-refractivity contribution in [3.63, 3.8) is 0 Å². The van der Waals surface area contributed by atoms with E-state index in [1.807, 2.05) is 13.0 Å². The maximum Gasteiger partial charge on any atom is 0.218 e. The van der Waals surface area contributed by atoms with Crippen molar-refractivity contribution in [3.8, 4) is 11.9 Å². The van der Waals surface area contributed by atoms with Gasteiger partial charge in [-0.1, -0.05) is 5.21 Å². The smallest absolute Gasteiger partial charge is 0.218 e. The third kappa shape index (κ3) is 1.15. The Morgan fingerprint density at radius 2 is 2.43 bits per heavy atom. The molecule has 2 heterocycles. The third-order valence-electron chi connectivity index (χ3n) is 1.88. The minimum Gasteiger partial charge on any atom is -0.274 e. The molecule has 70 valence electrons. The molecule has 0 spiro atoms. The standard InChI is InChI=1S/C8H8N6/c1-2-14-8(6-11-12-14)13-4-3-10-7(13)5-9/h3-4,6H,2H2,1H3. The summed E-state index contributed by atoms with van der Waals surface area (Å²) in [6, 6.07) is 2.00. The molecule has 0 aliphatic heterocycles. The average Bonchev–Trinajstić information content (AvgIpc) is 2.85. The van der Waals surface area contributed by atoms with Crippen LogP contribution in [0.4, 0.5) is 0 Å². The van der Waals surface area contributed by atoms with Crippen molar-refractivity contribution in [1.29, 1.82) is 5.26 Å². The zero-order valence-corrected chi connectivity index (χ0v) is 7.62. The Bertz CT molecular complexity index is 474.